The van der Waals surface area contributed by atoms with E-state index in [1.54, 1.807) is 12.5 Å². The number of amides is 1. The molecule has 2 aromatic rings. The molecule has 88 valence electrons. The summed E-state index contributed by atoms with van der Waals surface area (Å²) in [5.74, 6) is -0.0848. The number of hydrogen-bond donors (Lipinski definition) is 2. The Bertz CT molecular complexity index is 523. The van der Waals surface area contributed by atoms with Crippen molar-refractivity contribution in [2.45, 2.75) is 13.5 Å². The molecule has 0 saturated heterocycles. The van der Waals surface area contributed by atoms with Crippen molar-refractivity contribution in [2.75, 3.05) is 0 Å². The predicted molar refractivity (Wildman–Crippen MR) is 68.6 cm³/mol. The summed E-state index contributed by atoms with van der Waals surface area (Å²) in [4.78, 5) is 18.8. The Balaban J connectivity index is 2.07. The molecule has 1 amide bonds. The highest BCUT2D eigenvalue weighted by Gasteiger charge is 2.10. The summed E-state index contributed by atoms with van der Waals surface area (Å²) in [6.45, 7) is 2.36. The number of nitrogens with one attached hydrogen (secondary N) is 2. The van der Waals surface area contributed by atoms with Crippen molar-refractivity contribution in [1.82, 2.24) is 15.3 Å². The van der Waals surface area contributed by atoms with Crippen LogP contribution in [0.5, 0.6) is 0 Å². The molecule has 0 spiro atoms. The molecule has 0 aliphatic rings. The molecule has 1 aromatic heterocycles. The second kappa shape index (κ2) is 5.14. The number of H-pyrrole nitrogens is 1. The van der Waals surface area contributed by atoms with Crippen molar-refractivity contribution >= 4 is 21.8 Å². The van der Waals surface area contributed by atoms with Gasteiger partial charge >= 0.3 is 0 Å². The first-order valence-electron chi connectivity index (χ1n) is 5.19. The van der Waals surface area contributed by atoms with Crippen LogP contribution in [0.4, 0.5) is 0 Å². The number of aromatic nitrogens is 2. The van der Waals surface area contributed by atoms with Crippen LogP contribution in [0, 0.1) is 6.92 Å². The predicted octanol–water partition coefficient (Wildman–Crippen LogP) is 2.41. The third-order valence-corrected chi connectivity index (χ3v) is 3.37. The fourth-order valence-electron chi connectivity index (χ4n) is 1.51. The van der Waals surface area contributed by atoms with Crippen LogP contribution in [0.2, 0.25) is 0 Å². The molecule has 4 nitrogen and oxygen atoms in total. The van der Waals surface area contributed by atoms with Gasteiger partial charge in [0.15, 0.2) is 0 Å². The summed E-state index contributed by atoms with van der Waals surface area (Å²) in [5.41, 5.74) is 2.50. The molecule has 0 atom stereocenters. The Morgan fingerprint density at radius 1 is 1.53 bits per heavy atom. The van der Waals surface area contributed by atoms with Gasteiger partial charge in [0, 0.05) is 16.2 Å². The third-order valence-electron chi connectivity index (χ3n) is 2.51. The van der Waals surface area contributed by atoms with Crippen LogP contribution in [-0.4, -0.2) is 15.9 Å². The van der Waals surface area contributed by atoms with Crippen molar-refractivity contribution < 1.29 is 4.79 Å². The molecule has 2 rings (SSSR count). The number of benzene rings is 1. The molecule has 2 N–H and O–H groups in total. The number of hydrogen-bond acceptors (Lipinski definition) is 2. The van der Waals surface area contributed by atoms with E-state index < -0.39 is 0 Å². The molecule has 0 aliphatic heterocycles. The second-order valence-corrected chi connectivity index (χ2v) is 4.53. The number of imidazole rings is 1. The van der Waals surface area contributed by atoms with E-state index in [0.29, 0.717) is 12.1 Å². The van der Waals surface area contributed by atoms with E-state index >= 15 is 0 Å². The van der Waals surface area contributed by atoms with E-state index in [9.17, 15) is 4.79 Å². The number of nitrogens with zero attached hydrogens (tertiary/aromatic N) is 1. The lowest BCUT2D eigenvalue weighted by molar-refractivity contribution is 0.0950. The van der Waals surface area contributed by atoms with E-state index in [2.05, 4.69) is 31.2 Å². The minimum atomic E-state index is -0.0848. The lowest BCUT2D eigenvalue weighted by Crippen LogP contribution is -2.23. The lowest BCUT2D eigenvalue weighted by Gasteiger charge is -2.07. The van der Waals surface area contributed by atoms with E-state index in [-0.39, 0.29) is 5.91 Å². The first-order valence-corrected chi connectivity index (χ1v) is 5.98. The zero-order valence-corrected chi connectivity index (χ0v) is 10.9. The minimum absolute atomic E-state index is 0.0848. The Hall–Kier alpha value is -1.62. The molecule has 0 bridgehead atoms. The average Bonchev–Trinajstić information content (AvgIpc) is 2.82. The maximum atomic E-state index is 11.9. The van der Waals surface area contributed by atoms with E-state index in [1.165, 1.54) is 0 Å². The average molecular weight is 294 g/mol. The van der Waals surface area contributed by atoms with Gasteiger partial charge in [-0.3, -0.25) is 4.79 Å². The van der Waals surface area contributed by atoms with Gasteiger partial charge in [-0.1, -0.05) is 22.0 Å². The Labute approximate surface area is 108 Å². The third kappa shape index (κ3) is 2.74. The Kier molecular flexibility index (Phi) is 3.58. The van der Waals surface area contributed by atoms with Gasteiger partial charge in [0.05, 0.1) is 18.6 Å². The molecular weight excluding hydrogens is 282 g/mol. The van der Waals surface area contributed by atoms with Crippen LogP contribution in [0.25, 0.3) is 0 Å². The monoisotopic (exact) mass is 293 g/mol. The summed E-state index contributed by atoms with van der Waals surface area (Å²) in [5, 5.41) is 2.84. The van der Waals surface area contributed by atoms with Gasteiger partial charge in [0.2, 0.25) is 0 Å². The van der Waals surface area contributed by atoms with Crippen LogP contribution in [0.15, 0.2) is 35.2 Å². The van der Waals surface area contributed by atoms with Gasteiger partial charge in [-0.05, 0) is 24.6 Å². The van der Waals surface area contributed by atoms with Crippen molar-refractivity contribution in [3.63, 3.8) is 0 Å². The number of carbonyl (C=O) groups is 1. The van der Waals surface area contributed by atoms with E-state index in [1.807, 2.05) is 25.1 Å². The molecule has 1 heterocycles. The molecule has 5 heteroatoms. The summed E-state index contributed by atoms with van der Waals surface area (Å²) in [6.07, 6.45) is 3.28. The van der Waals surface area contributed by atoms with Gasteiger partial charge in [-0.2, -0.15) is 0 Å². The van der Waals surface area contributed by atoms with Crippen LogP contribution in [0.3, 0.4) is 0 Å². The molecule has 0 saturated carbocycles. The van der Waals surface area contributed by atoms with Crippen molar-refractivity contribution in [2.24, 2.45) is 0 Å². The normalized spacial score (nSPS) is 10.2. The molecule has 0 aliphatic carbocycles. The summed E-state index contributed by atoms with van der Waals surface area (Å²) in [7, 11) is 0. The highest BCUT2D eigenvalue weighted by Crippen LogP contribution is 2.19. The standard InChI is InChI=1S/C12H12BrN3O/c1-8-10(3-2-4-11(8)13)12(17)15-6-9-5-14-7-16-9/h2-5,7H,6H2,1H3,(H,14,16)(H,15,17). The SMILES string of the molecule is Cc1c(Br)cccc1C(=O)NCc1cnc[nH]1. The highest BCUT2D eigenvalue weighted by molar-refractivity contribution is 9.10. The van der Waals surface area contributed by atoms with Gasteiger partial charge in [-0.15, -0.1) is 0 Å². The lowest BCUT2D eigenvalue weighted by atomic mass is 10.1. The highest BCUT2D eigenvalue weighted by atomic mass is 79.9. The van der Waals surface area contributed by atoms with Gasteiger partial charge in [0.1, 0.15) is 0 Å². The van der Waals surface area contributed by atoms with Gasteiger partial charge in [0.25, 0.3) is 5.91 Å². The van der Waals surface area contributed by atoms with E-state index in [4.69, 9.17) is 0 Å². The zero-order valence-electron chi connectivity index (χ0n) is 9.33. The fraction of sp³-hybridized carbons (Fsp3) is 0.167. The second-order valence-electron chi connectivity index (χ2n) is 3.67. The fourth-order valence-corrected chi connectivity index (χ4v) is 1.87. The molecule has 1 aromatic carbocycles. The van der Waals surface area contributed by atoms with Crippen molar-refractivity contribution in [3.8, 4) is 0 Å². The van der Waals surface area contributed by atoms with Crippen LogP contribution < -0.4 is 5.32 Å². The first kappa shape index (κ1) is 11.9. The van der Waals surface area contributed by atoms with Crippen molar-refractivity contribution in [1.29, 1.82) is 0 Å². The van der Waals surface area contributed by atoms with Gasteiger partial charge < -0.3 is 10.3 Å². The molecule has 17 heavy (non-hydrogen) atoms. The quantitative estimate of drug-likeness (QED) is 0.913. The summed E-state index contributed by atoms with van der Waals surface area (Å²) >= 11 is 3.41. The molecule has 0 radical (unpaired) electrons. The molecule has 0 unspecified atom stereocenters. The van der Waals surface area contributed by atoms with Crippen LogP contribution in [0.1, 0.15) is 21.6 Å². The van der Waals surface area contributed by atoms with Crippen molar-refractivity contribution in [3.05, 3.63) is 52.0 Å². The number of halogens is 1. The first-order chi connectivity index (χ1) is 8.18. The number of rotatable bonds is 3. The van der Waals surface area contributed by atoms with Crippen LogP contribution >= 0.6 is 15.9 Å². The van der Waals surface area contributed by atoms with E-state index in [0.717, 1.165) is 15.7 Å². The topological polar surface area (TPSA) is 57.8 Å². The Morgan fingerprint density at radius 2 is 2.35 bits per heavy atom. The maximum absolute atomic E-state index is 11.9. The molecular formula is C12H12BrN3O. The Morgan fingerprint density at radius 3 is 3.06 bits per heavy atom. The maximum Gasteiger partial charge on any atom is 0.251 e. The number of aromatic amines is 1. The summed E-state index contributed by atoms with van der Waals surface area (Å²) < 4.78 is 0.937. The zero-order chi connectivity index (χ0) is 12.3. The number of carbonyl (C=O) groups excluding carboxylic acids is 1. The minimum Gasteiger partial charge on any atom is -0.347 e. The largest absolute Gasteiger partial charge is 0.347 e. The van der Waals surface area contributed by atoms with Gasteiger partial charge in [-0.25, -0.2) is 4.98 Å². The molecule has 0 fully saturated rings. The summed E-state index contributed by atoms with van der Waals surface area (Å²) in [6, 6.07) is 5.57. The smallest absolute Gasteiger partial charge is 0.251 e. The van der Waals surface area contributed by atoms with Crippen LogP contribution in [-0.2, 0) is 6.54 Å².